The maximum absolute atomic E-state index is 12.7. The van der Waals surface area contributed by atoms with Crippen molar-refractivity contribution >= 4 is 15.7 Å². The number of sulfonamides is 1. The van der Waals surface area contributed by atoms with E-state index in [-0.39, 0.29) is 6.04 Å². The van der Waals surface area contributed by atoms with Crippen molar-refractivity contribution in [2.45, 2.75) is 51.0 Å². The molecule has 0 bridgehead atoms. The molecule has 0 saturated carbocycles. The normalized spacial score (nSPS) is 13.7. The van der Waals surface area contributed by atoms with Crippen LogP contribution in [0.1, 0.15) is 39.2 Å². The molecular weight excluding hydrogens is 260 g/mol. The number of hydrogen-bond donors (Lipinski definition) is 1. The summed E-state index contributed by atoms with van der Waals surface area (Å²) in [5.74, 6) is 0. The van der Waals surface area contributed by atoms with Crippen LogP contribution in [0.5, 0.6) is 0 Å². The van der Waals surface area contributed by atoms with Gasteiger partial charge in [-0.3, -0.25) is 0 Å². The number of nitrogen functional groups attached to an aromatic ring is 1. The summed E-state index contributed by atoms with van der Waals surface area (Å²) >= 11 is 0. The highest BCUT2D eigenvalue weighted by atomic mass is 32.2. The Balaban J connectivity index is 3.23. The average molecular weight is 284 g/mol. The highest BCUT2D eigenvalue weighted by Gasteiger charge is 2.27. The molecule has 0 aliphatic rings. The predicted octanol–water partition coefficient (Wildman–Crippen LogP) is 2.64. The number of benzene rings is 1. The lowest BCUT2D eigenvalue weighted by Gasteiger charge is -2.25. The molecule has 108 valence electrons. The van der Waals surface area contributed by atoms with Crippen LogP contribution in [0.25, 0.3) is 0 Å². The Morgan fingerprint density at radius 1 is 1.32 bits per heavy atom. The second-order valence-electron chi connectivity index (χ2n) is 4.88. The molecule has 0 aliphatic carbocycles. The van der Waals surface area contributed by atoms with E-state index >= 15 is 0 Å². The second kappa shape index (κ2) is 6.39. The van der Waals surface area contributed by atoms with Crippen molar-refractivity contribution in [2.75, 3.05) is 12.8 Å². The van der Waals surface area contributed by atoms with Gasteiger partial charge in [0.15, 0.2) is 0 Å². The molecule has 0 radical (unpaired) electrons. The minimum atomic E-state index is -3.47. The molecule has 1 aromatic rings. The largest absolute Gasteiger partial charge is 0.399 e. The lowest BCUT2D eigenvalue weighted by atomic mass is 10.1. The van der Waals surface area contributed by atoms with Crippen molar-refractivity contribution in [3.05, 3.63) is 23.8 Å². The van der Waals surface area contributed by atoms with E-state index in [9.17, 15) is 8.42 Å². The lowest BCUT2D eigenvalue weighted by molar-refractivity contribution is 0.368. The zero-order valence-corrected chi connectivity index (χ0v) is 13.0. The van der Waals surface area contributed by atoms with Gasteiger partial charge >= 0.3 is 0 Å². The highest BCUT2D eigenvalue weighted by Crippen LogP contribution is 2.24. The van der Waals surface area contributed by atoms with Crippen molar-refractivity contribution in [3.8, 4) is 0 Å². The van der Waals surface area contributed by atoms with Crippen molar-refractivity contribution in [1.82, 2.24) is 4.31 Å². The SMILES string of the molecule is CCCC(C)N(C)S(=O)(=O)c1cc(N)ccc1CC. The second-order valence-corrected chi connectivity index (χ2v) is 6.85. The number of nitrogens with two attached hydrogens (primary N) is 1. The summed E-state index contributed by atoms with van der Waals surface area (Å²) in [4.78, 5) is 0.334. The van der Waals surface area contributed by atoms with Crippen LogP contribution < -0.4 is 5.73 Å². The Morgan fingerprint density at radius 3 is 2.47 bits per heavy atom. The summed E-state index contributed by atoms with van der Waals surface area (Å²) in [7, 11) is -1.84. The molecule has 0 aromatic heterocycles. The smallest absolute Gasteiger partial charge is 0.243 e. The average Bonchev–Trinajstić information content (AvgIpc) is 2.38. The third-order valence-electron chi connectivity index (χ3n) is 3.46. The summed E-state index contributed by atoms with van der Waals surface area (Å²) in [6.07, 6.45) is 2.48. The third-order valence-corrected chi connectivity index (χ3v) is 5.51. The minimum Gasteiger partial charge on any atom is -0.399 e. The van der Waals surface area contributed by atoms with Gasteiger partial charge in [0, 0.05) is 18.8 Å². The predicted molar refractivity (Wildman–Crippen MR) is 79.6 cm³/mol. The highest BCUT2D eigenvalue weighted by molar-refractivity contribution is 7.89. The van der Waals surface area contributed by atoms with Gasteiger partial charge in [-0.1, -0.05) is 26.3 Å². The van der Waals surface area contributed by atoms with Crippen molar-refractivity contribution < 1.29 is 8.42 Å². The van der Waals surface area contributed by atoms with E-state index in [1.165, 1.54) is 4.31 Å². The Kier molecular flexibility index (Phi) is 5.38. The van der Waals surface area contributed by atoms with Gasteiger partial charge in [0.25, 0.3) is 0 Å². The van der Waals surface area contributed by atoms with Gasteiger partial charge in [-0.2, -0.15) is 4.31 Å². The van der Waals surface area contributed by atoms with E-state index < -0.39 is 10.0 Å². The molecule has 0 saturated heterocycles. The number of aryl methyl sites for hydroxylation is 1. The van der Waals surface area contributed by atoms with Crippen molar-refractivity contribution in [1.29, 1.82) is 0 Å². The van der Waals surface area contributed by atoms with E-state index in [1.54, 1.807) is 25.2 Å². The van der Waals surface area contributed by atoms with Gasteiger partial charge < -0.3 is 5.73 Å². The number of hydrogen-bond acceptors (Lipinski definition) is 3. The molecule has 2 N–H and O–H groups in total. The maximum Gasteiger partial charge on any atom is 0.243 e. The van der Waals surface area contributed by atoms with E-state index in [1.807, 2.05) is 13.8 Å². The monoisotopic (exact) mass is 284 g/mol. The molecule has 0 spiro atoms. The molecular formula is C14H24N2O2S. The first-order chi connectivity index (χ1) is 8.84. The fourth-order valence-electron chi connectivity index (χ4n) is 2.09. The summed E-state index contributed by atoms with van der Waals surface area (Å²) < 4.78 is 26.8. The van der Waals surface area contributed by atoms with Crippen LogP contribution in [0.15, 0.2) is 23.1 Å². The van der Waals surface area contributed by atoms with Crippen LogP contribution in [0, 0.1) is 0 Å². The Labute approximate surface area is 116 Å². The molecule has 0 heterocycles. The van der Waals surface area contributed by atoms with Gasteiger partial charge in [0.2, 0.25) is 10.0 Å². The topological polar surface area (TPSA) is 63.4 Å². The molecule has 1 aromatic carbocycles. The van der Waals surface area contributed by atoms with Gasteiger partial charge in [-0.05, 0) is 37.5 Å². The molecule has 1 atom stereocenters. The van der Waals surface area contributed by atoms with Crippen LogP contribution in [-0.2, 0) is 16.4 Å². The van der Waals surface area contributed by atoms with Gasteiger partial charge in [-0.15, -0.1) is 0 Å². The zero-order chi connectivity index (χ0) is 14.6. The van der Waals surface area contributed by atoms with Crippen LogP contribution in [0.3, 0.4) is 0 Å². The van der Waals surface area contributed by atoms with Crippen LogP contribution in [0.4, 0.5) is 5.69 Å². The standard InChI is InChI=1S/C14H24N2O2S/c1-5-7-11(3)16(4)19(17,18)14-10-13(15)9-8-12(14)6-2/h8-11H,5-7,15H2,1-4H3. The third kappa shape index (κ3) is 3.48. The summed E-state index contributed by atoms with van der Waals surface area (Å²) in [6.45, 7) is 5.92. The van der Waals surface area contributed by atoms with E-state index in [0.29, 0.717) is 17.0 Å². The first-order valence-electron chi connectivity index (χ1n) is 6.71. The Morgan fingerprint density at radius 2 is 1.95 bits per heavy atom. The van der Waals surface area contributed by atoms with Crippen molar-refractivity contribution in [3.63, 3.8) is 0 Å². The fourth-order valence-corrected chi connectivity index (χ4v) is 3.81. The number of nitrogens with zero attached hydrogens (tertiary/aromatic N) is 1. The number of rotatable bonds is 6. The first kappa shape index (κ1) is 16.0. The van der Waals surface area contributed by atoms with E-state index in [2.05, 4.69) is 6.92 Å². The number of anilines is 1. The molecule has 1 rings (SSSR count). The molecule has 19 heavy (non-hydrogen) atoms. The molecule has 5 heteroatoms. The molecule has 1 unspecified atom stereocenters. The summed E-state index contributed by atoms with van der Waals surface area (Å²) in [6, 6.07) is 5.08. The Bertz CT molecular complexity index is 526. The minimum absolute atomic E-state index is 0.0128. The summed E-state index contributed by atoms with van der Waals surface area (Å²) in [5, 5.41) is 0. The fraction of sp³-hybridized carbons (Fsp3) is 0.571. The molecule has 0 fully saturated rings. The quantitative estimate of drug-likeness (QED) is 0.817. The van der Waals surface area contributed by atoms with Crippen LogP contribution in [-0.4, -0.2) is 25.8 Å². The van der Waals surface area contributed by atoms with E-state index in [0.717, 1.165) is 18.4 Å². The van der Waals surface area contributed by atoms with E-state index in [4.69, 9.17) is 5.73 Å². The van der Waals surface area contributed by atoms with Crippen LogP contribution >= 0.6 is 0 Å². The van der Waals surface area contributed by atoms with Crippen molar-refractivity contribution in [2.24, 2.45) is 0 Å². The molecule has 4 nitrogen and oxygen atoms in total. The van der Waals surface area contributed by atoms with Gasteiger partial charge in [-0.25, -0.2) is 8.42 Å². The van der Waals surface area contributed by atoms with Crippen LogP contribution in [0.2, 0.25) is 0 Å². The van der Waals surface area contributed by atoms with Gasteiger partial charge in [0.05, 0.1) is 4.90 Å². The van der Waals surface area contributed by atoms with Gasteiger partial charge in [0.1, 0.15) is 0 Å². The lowest BCUT2D eigenvalue weighted by Crippen LogP contribution is -2.35. The molecule has 0 amide bonds. The maximum atomic E-state index is 12.7. The first-order valence-corrected chi connectivity index (χ1v) is 8.15. The summed E-state index contributed by atoms with van der Waals surface area (Å²) in [5.41, 5.74) is 7.02. The zero-order valence-electron chi connectivity index (χ0n) is 12.2. The molecule has 0 aliphatic heterocycles. The Hall–Kier alpha value is -1.07.